The number of thioether (sulfide) groups is 1. The average molecular weight is 476 g/mol. The predicted octanol–water partition coefficient (Wildman–Crippen LogP) is 3.93. The van der Waals surface area contributed by atoms with Crippen molar-refractivity contribution in [3.8, 4) is 12.5 Å². The van der Waals surface area contributed by atoms with Gasteiger partial charge < -0.3 is 15.4 Å². The average Bonchev–Trinajstić information content (AvgIpc) is 2.69. The maximum Gasteiger partial charge on any atom is 0.408 e. The summed E-state index contributed by atoms with van der Waals surface area (Å²) in [5.41, 5.74) is 1.77. The van der Waals surface area contributed by atoms with Crippen LogP contribution in [0.1, 0.15) is 63.8 Å². The maximum absolute atomic E-state index is 13.6. The van der Waals surface area contributed by atoms with Crippen LogP contribution in [-0.2, 0) is 14.3 Å². The van der Waals surface area contributed by atoms with Gasteiger partial charge in [-0.1, -0.05) is 24.6 Å². The molecule has 2 atom stereocenters. The molecule has 0 aromatic heterocycles. The number of rotatable bonds is 9. The number of hydrogen-bond donors (Lipinski definition) is 2. The second-order valence-corrected chi connectivity index (χ2v) is 10.2. The van der Waals surface area contributed by atoms with Crippen molar-refractivity contribution >= 4 is 29.7 Å². The number of ether oxygens (including phenoxy) is 1. The van der Waals surface area contributed by atoms with E-state index >= 15 is 0 Å². The maximum atomic E-state index is 13.6. The Hall–Kier alpha value is -2.66. The van der Waals surface area contributed by atoms with E-state index in [1.165, 1.54) is 11.8 Å². The Kier molecular flexibility index (Phi) is 10.8. The van der Waals surface area contributed by atoms with Crippen LogP contribution < -0.4 is 10.6 Å². The minimum absolute atomic E-state index is 0.146. The van der Waals surface area contributed by atoms with E-state index in [1.807, 2.05) is 46.1 Å². The Labute approximate surface area is 202 Å². The fourth-order valence-electron chi connectivity index (χ4n) is 3.21. The number of nitrogens with zero attached hydrogens (tertiary/aromatic N) is 1. The van der Waals surface area contributed by atoms with Gasteiger partial charge in [0.2, 0.25) is 5.91 Å². The fourth-order valence-corrected chi connectivity index (χ4v) is 3.68. The lowest BCUT2D eigenvalue weighted by molar-refractivity contribution is -0.138. The summed E-state index contributed by atoms with van der Waals surface area (Å²) >= 11 is 1.54. The molecule has 0 saturated heterocycles. The van der Waals surface area contributed by atoms with Crippen LogP contribution in [0.4, 0.5) is 4.79 Å². The molecule has 0 heterocycles. The van der Waals surface area contributed by atoms with Crippen molar-refractivity contribution in [2.75, 3.05) is 12.0 Å². The molecule has 0 saturated carbocycles. The zero-order valence-electron chi connectivity index (χ0n) is 20.9. The van der Waals surface area contributed by atoms with E-state index in [0.29, 0.717) is 17.7 Å². The molecule has 1 aromatic rings. The molecule has 2 unspecified atom stereocenters. The highest BCUT2D eigenvalue weighted by atomic mass is 32.2. The van der Waals surface area contributed by atoms with Crippen LogP contribution in [0.3, 0.4) is 0 Å². The van der Waals surface area contributed by atoms with E-state index in [0.717, 1.165) is 16.0 Å². The molecule has 0 aliphatic rings. The lowest BCUT2D eigenvalue weighted by atomic mass is 9.95. The number of benzene rings is 1. The van der Waals surface area contributed by atoms with Gasteiger partial charge in [-0.25, -0.2) is 4.79 Å². The van der Waals surface area contributed by atoms with Crippen molar-refractivity contribution in [1.29, 1.82) is 0 Å². The molecule has 0 spiro atoms. The van der Waals surface area contributed by atoms with Gasteiger partial charge in [-0.3, -0.25) is 14.5 Å². The first-order valence-corrected chi connectivity index (χ1v) is 12.4. The number of nitrogens with one attached hydrogen (secondary N) is 2. The normalized spacial score (nSPS) is 13.0. The highest BCUT2D eigenvalue weighted by Crippen LogP contribution is 2.27. The molecule has 0 radical (unpaired) electrons. The molecule has 0 fully saturated rings. The standard InChI is InChI=1S/C25H37N3O4S/c1-10-28(23(30)20(14-15-33-9)27-24(31)32-25(6,7)8)21(22(29)26-16(2)3)19-13-11-12-17(4)18(19)5/h1,11-13,16,20-21H,14-15H2,2-9H3,(H,26,29)(H,27,31). The Morgan fingerprint density at radius 1 is 1.18 bits per heavy atom. The number of amides is 3. The number of alkyl carbamates (subject to hydrolysis) is 1. The summed E-state index contributed by atoms with van der Waals surface area (Å²) in [5.74, 6) is -0.315. The van der Waals surface area contributed by atoms with Crippen molar-refractivity contribution < 1.29 is 19.1 Å². The lowest BCUT2D eigenvalue weighted by Gasteiger charge is -2.31. The van der Waals surface area contributed by atoms with E-state index in [1.54, 1.807) is 26.8 Å². The zero-order valence-corrected chi connectivity index (χ0v) is 21.8. The third kappa shape index (κ3) is 8.65. The molecule has 3 amide bonds. The first-order chi connectivity index (χ1) is 15.3. The second-order valence-electron chi connectivity index (χ2n) is 9.17. The molecule has 8 heteroatoms. The molecule has 0 aliphatic carbocycles. The van der Waals surface area contributed by atoms with Gasteiger partial charge in [0.1, 0.15) is 17.7 Å². The van der Waals surface area contributed by atoms with Crippen LogP contribution in [0.5, 0.6) is 0 Å². The minimum Gasteiger partial charge on any atom is -0.444 e. The van der Waals surface area contributed by atoms with Crippen LogP contribution in [0.2, 0.25) is 0 Å². The van der Waals surface area contributed by atoms with E-state index in [4.69, 9.17) is 11.2 Å². The van der Waals surface area contributed by atoms with Gasteiger partial charge in [-0.15, -0.1) is 0 Å². The molecule has 0 aliphatic heterocycles. The van der Waals surface area contributed by atoms with Crippen LogP contribution in [0.25, 0.3) is 0 Å². The molecular formula is C25H37N3O4S. The molecule has 182 valence electrons. The topological polar surface area (TPSA) is 87.7 Å². The summed E-state index contributed by atoms with van der Waals surface area (Å²) < 4.78 is 5.33. The number of carbonyl (C=O) groups is 3. The number of hydrogen-bond acceptors (Lipinski definition) is 5. The second kappa shape index (κ2) is 12.5. The van der Waals surface area contributed by atoms with Crippen molar-refractivity contribution in [3.63, 3.8) is 0 Å². The number of aryl methyl sites for hydroxylation is 1. The number of terminal acetylenes is 1. The van der Waals surface area contributed by atoms with E-state index in [9.17, 15) is 14.4 Å². The molecule has 2 N–H and O–H groups in total. The SMILES string of the molecule is C#CN(C(=O)C(CCSC)NC(=O)OC(C)(C)C)C(C(=O)NC(C)C)c1cccc(C)c1C. The third-order valence-corrected chi connectivity index (χ3v) is 5.50. The Morgan fingerprint density at radius 2 is 1.82 bits per heavy atom. The smallest absolute Gasteiger partial charge is 0.408 e. The summed E-state index contributed by atoms with van der Waals surface area (Å²) in [4.78, 5) is 40.4. The molecule has 7 nitrogen and oxygen atoms in total. The van der Waals surface area contributed by atoms with E-state index in [2.05, 4.69) is 16.7 Å². The Bertz CT molecular complexity index is 887. The summed E-state index contributed by atoms with van der Waals surface area (Å²) in [6.45, 7) is 12.7. The van der Waals surface area contributed by atoms with E-state index < -0.39 is 29.7 Å². The molecule has 1 rings (SSSR count). The van der Waals surface area contributed by atoms with Gasteiger partial charge in [0, 0.05) is 12.1 Å². The van der Waals surface area contributed by atoms with Crippen molar-refractivity contribution in [3.05, 3.63) is 34.9 Å². The summed E-state index contributed by atoms with van der Waals surface area (Å²) in [5, 5.41) is 5.51. The van der Waals surface area contributed by atoms with Crippen LogP contribution in [-0.4, -0.2) is 52.5 Å². The quantitative estimate of drug-likeness (QED) is 0.417. The van der Waals surface area contributed by atoms with Gasteiger partial charge in [0.25, 0.3) is 5.91 Å². The van der Waals surface area contributed by atoms with Gasteiger partial charge in [-0.05, 0) is 83.6 Å². The molecular weight excluding hydrogens is 438 g/mol. The van der Waals surface area contributed by atoms with E-state index in [-0.39, 0.29) is 11.9 Å². The summed E-state index contributed by atoms with van der Waals surface area (Å²) in [7, 11) is 0. The summed E-state index contributed by atoms with van der Waals surface area (Å²) in [6.07, 6.45) is 7.32. The minimum atomic E-state index is -1.04. The summed E-state index contributed by atoms with van der Waals surface area (Å²) in [6, 6.07) is 5.83. The first-order valence-electron chi connectivity index (χ1n) is 11.0. The van der Waals surface area contributed by atoms with Crippen molar-refractivity contribution in [1.82, 2.24) is 15.5 Å². The zero-order chi connectivity index (χ0) is 25.3. The molecule has 33 heavy (non-hydrogen) atoms. The fraction of sp³-hybridized carbons (Fsp3) is 0.560. The Morgan fingerprint density at radius 3 is 2.33 bits per heavy atom. The van der Waals surface area contributed by atoms with Gasteiger partial charge in [-0.2, -0.15) is 11.8 Å². The van der Waals surface area contributed by atoms with Crippen LogP contribution in [0, 0.1) is 26.3 Å². The first kappa shape index (κ1) is 28.4. The lowest BCUT2D eigenvalue weighted by Crippen LogP contribution is -2.52. The van der Waals surface area contributed by atoms with Gasteiger partial charge in [0.05, 0.1) is 0 Å². The van der Waals surface area contributed by atoms with Crippen molar-refractivity contribution in [2.24, 2.45) is 0 Å². The largest absolute Gasteiger partial charge is 0.444 e. The van der Waals surface area contributed by atoms with Gasteiger partial charge in [0.15, 0.2) is 0 Å². The highest BCUT2D eigenvalue weighted by Gasteiger charge is 2.36. The Balaban J connectivity index is 3.41. The predicted molar refractivity (Wildman–Crippen MR) is 134 cm³/mol. The van der Waals surface area contributed by atoms with Crippen molar-refractivity contribution in [2.45, 2.75) is 78.6 Å². The van der Waals surface area contributed by atoms with Crippen LogP contribution in [0.15, 0.2) is 18.2 Å². The van der Waals surface area contributed by atoms with Gasteiger partial charge >= 0.3 is 6.09 Å². The number of carbonyl (C=O) groups excluding carboxylic acids is 3. The molecule has 1 aromatic carbocycles. The molecule has 0 bridgehead atoms. The van der Waals surface area contributed by atoms with Crippen LogP contribution >= 0.6 is 11.8 Å². The monoisotopic (exact) mass is 475 g/mol. The third-order valence-electron chi connectivity index (χ3n) is 4.85. The highest BCUT2D eigenvalue weighted by molar-refractivity contribution is 7.98.